The number of phenolic OH excluding ortho intramolecular Hbond substituents is 7. The summed E-state index contributed by atoms with van der Waals surface area (Å²) in [7, 11) is 0. The first-order valence-corrected chi connectivity index (χ1v) is 13.1. The monoisotopic (exact) mass is 576 g/mol. The van der Waals surface area contributed by atoms with Gasteiger partial charge in [-0.15, -0.1) is 0 Å². The number of hydrogen-bond acceptors (Lipinski definition) is 11. The first kappa shape index (κ1) is 27.2. The van der Waals surface area contributed by atoms with Gasteiger partial charge in [-0.25, -0.2) is 0 Å². The van der Waals surface area contributed by atoms with Crippen molar-refractivity contribution in [2.24, 2.45) is 0 Å². The quantitative estimate of drug-likeness (QED) is 0.161. The van der Waals surface area contributed by atoms with Crippen molar-refractivity contribution >= 4 is 0 Å². The highest BCUT2D eigenvalue weighted by molar-refractivity contribution is 5.67. The topological polar surface area (TPSA) is 201 Å². The molecule has 0 spiro atoms. The van der Waals surface area contributed by atoms with E-state index in [1.54, 1.807) is 0 Å². The summed E-state index contributed by atoms with van der Waals surface area (Å²) in [6, 6.07) is 12.1. The molecule has 4 aromatic carbocycles. The molecule has 0 amide bonds. The van der Waals surface area contributed by atoms with Gasteiger partial charge >= 0.3 is 0 Å². The molecule has 2 heterocycles. The predicted molar refractivity (Wildman–Crippen MR) is 146 cm³/mol. The lowest BCUT2D eigenvalue weighted by Crippen LogP contribution is -2.37. The van der Waals surface area contributed by atoms with Gasteiger partial charge in [-0.1, -0.05) is 18.2 Å². The van der Waals surface area contributed by atoms with Crippen LogP contribution in [-0.2, 0) is 6.42 Å². The van der Waals surface area contributed by atoms with Crippen molar-refractivity contribution < 1.29 is 55.4 Å². The van der Waals surface area contributed by atoms with Crippen molar-refractivity contribution in [2.45, 2.75) is 43.7 Å². The third-order valence-electron chi connectivity index (χ3n) is 7.98. The number of fused-ring (bicyclic) bond motifs is 2. The van der Waals surface area contributed by atoms with Crippen LogP contribution in [0, 0.1) is 6.92 Å². The van der Waals surface area contributed by atoms with Crippen LogP contribution >= 0.6 is 0 Å². The lowest BCUT2D eigenvalue weighted by Gasteiger charge is -2.40. The molecule has 11 nitrogen and oxygen atoms in total. The van der Waals surface area contributed by atoms with Crippen LogP contribution in [0.5, 0.6) is 51.7 Å². The largest absolute Gasteiger partial charge is 0.508 e. The number of rotatable bonds is 3. The van der Waals surface area contributed by atoms with Gasteiger partial charge in [-0.3, -0.25) is 0 Å². The maximum atomic E-state index is 11.8. The molecule has 0 bridgehead atoms. The van der Waals surface area contributed by atoms with Gasteiger partial charge < -0.3 is 55.4 Å². The third kappa shape index (κ3) is 4.21. The summed E-state index contributed by atoms with van der Waals surface area (Å²) in [6.45, 7) is 1.48. The zero-order chi connectivity index (χ0) is 30.0. The van der Waals surface area contributed by atoms with E-state index in [-0.39, 0.29) is 68.9 Å². The van der Waals surface area contributed by atoms with Gasteiger partial charge in [0.2, 0.25) is 0 Å². The minimum Gasteiger partial charge on any atom is -0.508 e. The maximum Gasteiger partial charge on any atom is 0.157 e. The fourth-order valence-electron chi connectivity index (χ4n) is 5.82. The molecule has 42 heavy (non-hydrogen) atoms. The van der Waals surface area contributed by atoms with Gasteiger partial charge in [0, 0.05) is 40.7 Å². The summed E-state index contributed by atoms with van der Waals surface area (Å²) >= 11 is 0. The average Bonchev–Trinajstić information content (AvgIpc) is 2.96. The van der Waals surface area contributed by atoms with E-state index in [0.29, 0.717) is 11.1 Å². The first-order valence-electron chi connectivity index (χ1n) is 13.1. The van der Waals surface area contributed by atoms with Crippen LogP contribution < -0.4 is 9.47 Å². The summed E-state index contributed by atoms with van der Waals surface area (Å²) in [5.41, 5.74) is 1.31. The normalized spacial score (nSPS) is 22.9. The van der Waals surface area contributed by atoms with Crippen LogP contribution in [0.25, 0.3) is 0 Å². The van der Waals surface area contributed by atoms with Gasteiger partial charge in [0.25, 0.3) is 0 Å². The second-order valence-electron chi connectivity index (χ2n) is 10.6. The molecule has 9 N–H and O–H groups in total. The lowest BCUT2D eigenvalue weighted by molar-refractivity contribution is 0.00181. The molecular weight excluding hydrogens is 548 g/mol. The molecule has 0 fully saturated rings. The van der Waals surface area contributed by atoms with E-state index in [2.05, 4.69) is 0 Å². The summed E-state index contributed by atoms with van der Waals surface area (Å²) in [5, 5.41) is 95.3. The fraction of sp³-hybridized carbons (Fsp3) is 0.226. The standard InChI is InChI=1S/C31H28O11/c1-12-26(38)17-11-22(37)29(13-2-6-18(33)20(35)8-13)42-31(17)25(27(12)39)24-16-5-4-15(32)10-23(16)41-30(28(24)40)14-3-7-19(34)21(36)9-14/h2-10,22,24,28-30,32-40H,11H2,1H3. The van der Waals surface area contributed by atoms with Gasteiger partial charge in [0.05, 0.1) is 6.10 Å². The maximum absolute atomic E-state index is 11.8. The number of hydrogen-bond donors (Lipinski definition) is 9. The summed E-state index contributed by atoms with van der Waals surface area (Å²) in [4.78, 5) is 0. The van der Waals surface area contributed by atoms with Gasteiger partial charge in [0.1, 0.15) is 41.0 Å². The molecule has 4 aromatic rings. The second-order valence-corrected chi connectivity index (χ2v) is 10.6. The zero-order valence-electron chi connectivity index (χ0n) is 22.1. The number of aliphatic hydroxyl groups excluding tert-OH is 2. The Morgan fingerprint density at radius 2 is 1.29 bits per heavy atom. The summed E-state index contributed by atoms with van der Waals surface area (Å²) < 4.78 is 12.3. The summed E-state index contributed by atoms with van der Waals surface area (Å²) in [6.07, 6.45) is -4.99. The highest BCUT2D eigenvalue weighted by Gasteiger charge is 2.45. The van der Waals surface area contributed by atoms with E-state index in [1.807, 2.05) is 0 Å². The van der Waals surface area contributed by atoms with E-state index in [0.717, 1.165) is 0 Å². The highest BCUT2D eigenvalue weighted by atomic mass is 16.5. The Bertz CT molecular complexity index is 1720. The van der Waals surface area contributed by atoms with E-state index >= 15 is 0 Å². The van der Waals surface area contributed by atoms with Gasteiger partial charge in [-0.05, 0) is 48.4 Å². The Kier molecular flexibility index (Phi) is 6.36. The zero-order valence-corrected chi connectivity index (χ0v) is 22.1. The highest BCUT2D eigenvalue weighted by Crippen LogP contribution is 2.56. The molecule has 218 valence electrons. The van der Waals surface area contributed by atoms with Gasteiger partial charge in [-0.2, -0.15) is 0 Å². The molecule has 5 unspecified atom stereocenters. The molecular formula is C31H28O11. The molecule has 0 aromatic heterocycles. The molecule has 6 rings (SSSR count). The second kappa shape index (κ2) is 9.82. The van der Waals surface area contributed by atoms with E-state index in [9.17, 15) is 46.0 Å². The van der Waals surface area contributed by atoms with E-state index in [1.165, 1.54) is 61.5 Å². The van der Waals surface area contributed by atoms with Crippen molar-refractivity contribution in [1.29, 1.82) is 0 Å². The van der Waals surface area contributed by atoms with Gasteiger partial charge in [0.15, 0.2) is 29.1 Å². The van der Waals surface area contributed by atoms with Crippen molar-refractivity contribution in [3.63, 3.8) is 0 Å². The van der Waals surface area contributed by atoms with Crippen LogP contribution in [-0.4, -0.2) is 58.2 Å². The molecule has 0 saturated carbocycles. The SMILES string of the molecule is Cc1c(O)c2c(c(C3c4ccc(O)cc4OC(c4ccc(O)c(O)c4)C3O)c1O)OC(c1ccc(O)c(O)c1)C(O)C2. The van der Waals surface area contributed by atoms with Crippen LogP contribution in [0.3, 0.4) is 0 Å². The average molecular weight is 577 g/mol. The molecule has 0 saturated heterocycles. The number of ether oxygens (including phenoxy) is 2. The minimum atomic E-state index is -1.43. The summed E-state index contributed by atoms with van der Waals surface area (Å²) in [5.74, 6) is -3.35. The fourth-order valence-corrected chi connectivity index (χ4v) is 5.82. The van der Waals surface area contributed by atoms with Crippen molar-refractivity contribution in [1.82, 2.24) is 0 Å². The predicted octanol–water partition coefficient (Wildman–Crippen LogP) is 3.60. The van der Waals surface area contributed by atoms with Crippen LogP contribution in [0.2, 0.25) is 0 Å². The van der Waals surface area contributed by atoms with Crippen LogP contribution in [0.1, 0.15) is 51.5 Å². The Morgan fingerprint density at radius 1 is 0.667 bits per heavy atom. The molecule has 11 heteroatoms. The number of aromatic hydroxyl groups is 7. The number of phenols is 7. The third-order valence-corrected chi connectivity index (χ3v) is 7.98. The minimum absolute atomic E-state index is 0.00394. The molecule has 0 radical (unpaired) electrons. The number of aliphatic hydroxyl groups is 2. The van der Waals surface area contributed by atoms with Crippen molar-refractivity contribution in [2.75, 3.05) is 0 Å². The lowest BCUT2D eigenvalue weighted by atomic mass is 9.77. The molecule has 2 aliphatic rings. The van der Waals surface area contributed by atoms with E-state index < -0.39 is 41.8 Å². The Morgan fingerprint density at radius 3 is 1.90 bits per heavy atom. The van der Waals surface area contributed by atoms with Crippen LogP contribution in [0.15, 0.2) is 54.6 Å². The Labute approximate surface area is 239 Å². The molecule has 2 aliphatic heterocycles. The Hall–Kier alpha value is -5.00. The first-order chi connectivity index (χ1) is 20.0. The van der Waals surface area contributed by atoms with Crippen molar-refractivity contribution in [3.05, 3.63) is 88.0 Å². The van der Waals surface area contributed by atoms with E-state index in [4.69, 9.17) is 9.47 Å². The smallest absolute Gasteiger partial charge is 0.157 e. The molecule has 0 aliphatic carbocycles. The van der Waals surface area contributed by atoms with Crippen molar-refractivity contribution in [3.8, 4) is 51.7 Å². The van der Waals surface area contributed by atoms with Crippen LogP contribution in [0.4, 0.5) is 0 Å². The number of benzene rings is 4. The Balaban J connectivity index is 1.56. The molecule has 5 atom stereocenters.